The van der Waals surface area contributed by atoms with Gasteiger partial charge in [0.15, 0.2) is 0 Å². The summed E-state index contributed by atoms with van der Waals surface area (Å²) in [7, 11) is 0. The van der Waals surface area contributed by atoms with Gasteiger partial charge in [-0.3, -0.25) is 9.59 Å². The number of hydrogen-bond acceptors (Lipinski definition) is 3. The van der Waals surface area contributed by atoms with Crippen LogP contribution in [0.1, 0.15) is 11.3 Å². The Bertz CT molecular complexity index is 767. The van der Waals surface area contributed by atoms with Crippen LogP contribution in [0.4, 0.5) is 17.6 Å². The molecule has 0 aliphatic heterocycles. The molecule has 2 N–H and O–H groups in total. The number of hydrogen-bond donors (Lipinski definition) is 2. The summed E-state index contributed by atoms with van der Waals surface area (Å²) in [6, 6.07) is 2.57. The van der Waals surface area contributed by atoms with E-state index >= 15 is 0 Å². The van der Waals surface area contributed by atoms with Crippen molar-refractivity contribution in [1.29, 1.82) is 0 Å². The second-order valence-corrected chi connectivity index (χ2v) is 5.07. The number of nitrogens with one attached hydrogen (secondary N) is 2. The monoisotopic (exact) mass is 320 g/mol. The van der Waals surface area contributed by atoms with E-state index in [0.717, 1.165) is 23.9 Å². The maximum absolute atomic E-state index is 13.4. The highest BCUT2D eigenvalue weighted by atomic mass is 32.2. The van der Waals surface area contributed by atoms with Crippen molar-refractivity contribution in [3.8, 4) is 0 Å². The van der Waals surface area contributed by atoms with Crippen molar-refractivity contribution >= 4 is 11.8 Å². The third kappa shape index (κ3) is 3.75. The van der Waals surface area contributed by atoms with E-state index in [9.17, 15) is 27.2 Å². The van der Waals surface area contributed by atoms with Gasteiger partial charge in [-0.05, 0) is 18.2 Å². The third-order valence-electron chi connectivity index (χ3n) is 2.50. The Morgan fingerprint density at radius 2 is 1.86 bits per heavy atom. The summed E-state index contributed by atoms with van der Waals surface area (Å²) in [6.07, 6.45) is -3.46. The molecule has 0 saturated heterocycles. The van der Waals surface area contributed by atoms with Gasteiger partial charge in [-0.15, -0.1) is 11.8 Å². The van der Waals surface area contributed by atoms with E-state index in [1.165, 1.54) is 6.20 Å². The molecular weight excluding hydrogens is 312 g/mol. The number of aromatic amines is 2. The molecule has 0 radical (unpaired) electrons. The molecule has 0 atom stereocenters. The first-order valence-electron chi connectivity index (χ1n) is 5.58. The number of aromatic nitrogens is 2. The van der Waals surface area contributed by atoms with Gasteiger partial charge >= 0.3 is 17.3 Å². The molecule has 0 spiro atoms. The average molecular weight is 320 g/mol. The Hall–Kier alpha value is -2.03. The molecule has 1 aromatic carbocycles. The smallest absolute Gasteiger partial charge is 0.323 e. The van der Waals surface area contributed by atoms with Crippen LogP contribution in [-0.4, -0.2) is 9.97 Å². The molecule has 9 heteroatoms. The Kier molecular flexibility index (Phi) is 4.21. The molecule has 112 valence electrons. The summed E-state index contributed by atoms with van der Waals surface area (Å²) in [5.74, 6) is -1.20. The maximum Gasteiger partial charge on any atom is 0.419 e. The van der Waals surface area contributed by atoms with Gasteiger partial charge < -0.3 is 9.97 Å². The van der Waals surface area contributed by atoms with Crippen LogP contribution in [0, 0.1) is 5.82 Å². The van der Waals surface area contributed by atoms with E-state index in [4.69, 9.17) is 0 Å². The van der Waals surface area contributed by atoms with Crippen molar-refractivity contribution in [1.82, 2.24) is 9.97 Å². The second-order valence-electron chi connectivity index (χ2n) is 4.03. The summed E-state index contributed by atoms with van der Waals surface area (Å²) in [4.78, 5) is 26.7. The number of thioether (sulfide) groups is 1. The van der Waals surface area contributed by atoms with Gasteiger partial charge in [-0.25, -0.2) is 4.39 Å². The molecule has 1 heterocycles. The van der Waals surface area contributed by atoms with Crippen LogP contribution in [0.2, 0.25) is 0 Å². The Morgan fingerprint density at radius 1 is 1.14 bits per heavy atom. The lowest BCUT2D eigenvalue weighted by Crippen LogP contribution is -2.29. The normalized spacial score (nSPS) is 11.6. The minimum Gasteiger partial charge on any atom is -0.323 e. The van der Waals surface area contributed by atoms with Gasteiger partial charge in [0.1, 0.15) is 5.82 Å². The molecule has 1 aromatic heterocycles. The lowest BCUT2D eigenvalue weighted by atomic mass is 10.2. The van der Waals surface area contributed by atoms with Crippen LogP contribution < -0.4 is 11.1 Å². The van der Waals surface area contributed by atoms with Gasteiger partial charge in [0, 0.05) is 22.5 Å². The number of alkyl halides is 3. The van der Waals surface area contributed by atoms with E-state index in [0.29, 0.717) is 11.8 Å². The Labute approximate surface area is 119 Å². The van der Waals surface area contributed by atoms with E-state index in [1.807, 2.05) is 0 Å². The van der Waals surface area contributed by atoms with Crippen molar-refractivity contribution in [2.45, 2.75) is 16.8 Å². The highest BCUT2D eigenvalue weighted by Gasteiger charge is 2.33. The lowest BCUT2D eigenvalue weighted by molar-refractivity contribution is -0.140. The van der Waals surface area contributed by atoms with Gasteiger partial charge in [0.05, 0.1) is 5.56 Å². The summed E-state index contributed by atoms with van der Waals surface area (Å²) >= 11 is 1.02. The predicted molar refractivity (Wildman–Crippen MR) is 68.6 cm³/mol. The molecule has 0 unspecified atom stereocenters. The van der Waals surface area contributed by atoms with Crippen LogP contribution >= 0.6 is 11.8 Å². The zero-order chi connectivity index (χ0) is 15.6. The number of halogens is 4. The molecule has 4 nitrogen and oxygen atoms in total. The summed E-state index contributed by atoms with van der Waals surface area (Å²) < 4.78 is 50.5. The SMILES string of the molecule is O=c1[nH]cc(CSc2ccc(C(F)(F)F)c(F)c2)[nH]c1=O. The minimum absolute atomic E-state index is 0.164. The largest absolute Gasteiger partial charge is 0.419 e. The van der Waals surface area contributed by atoms with Gasteiger partial charge in [-0.1, -0.05) is 0 Å². The predicted octanol–water partition coefficient (Wildman–Crippen LogP) is 2.51. The Morgan fingerprint density at radius 3 is 2.43 bits per heavy atom. The molecule has 0 saturated carbocycles. The van der Waals surface area contributed by atoms with Gasteiger partial charge in [0.2, 0.25) is 0 Å². The molecule has 2 rings (SSSR count). The molecule has 0 aliphatic carbocycles. The van der Waals surface area contributed by atoms with E-state index in [-0.39, 0.29) is 10.6 Å². The summed E-state index contributed by atoms with van der Waals surface area (Å²) in [5.41, 5.74) is -2.59. The molecule has 21 heavy (non-hydrogen) atoms. The van der Waals surface area contributed by atoms with Crippen molar-refractivity contribution < 1.29 is 17.6 Å². The molecule has 0 amide bonds. The molecule has 0 fully saturated rings. The first-order valence-corrected chi connectivity index (χ1v) is 6.56. The quantitative estimate of drug-likeness (QED) is 0.519. The first-order chi connectivity index (χ1) is 9.77. The van der Waals surface area contributed by atoms with E-state index < -0.39 is 28.7 Å². The lowest BCUT2D eigenvalue weighted by Gasteiger charge is -2.09. The van der Waals surface area contributed by atoms with Crippen LogP contribution in [0.25, 0.3) is 0 Å². The maximum atomic E-state index is 13.4. The second kappa shape index (κ2) is 5.76. The van der Waals surface area contributed by atoms with Crippen molar-refractivity contribution in [3.05, 3.63) is 62.2 Å². The van der Waals surface area contributed by atoms with Crippen LogP contribution in [0.3, 0.4) is 0 Å². The molecule has 2 aromatic rings. The Balaban J connectivity index is 2.14. The molecule has 0 bridgehead atoms. The fourth-order valence-electron chi connectivity index (χ4n) is 1.51. The fourth-order valence-corrected chi connectivity index (χ4v) is 2.34. The minimum atomic E-state index is -4.74. The van der Waals surface area contributed by atoms with Crippen LogP contribution in [0.5, 0.6) is 0 Å². The van der Waals surface area contributed by atoms with Gasteiger partial charge in [-0.2, -0.15) is 13.2 Å². The van der Waals surface area contributed by atoms with E-state index in [2.05, 4.69) is 9.97 Å². The highest BCUT2D eigenvalue weighted by Crippen LogP contribution is 2.33. The van der Waals surface area contributed by atoms with Crippen molar-refractivity contribution in [3.63, 3.8) is 0 Å². The summed E-state index contributed by atoms with van der Waals surface area (Å²) in [5, 5.41) is 0. The third-order valence-corrected chi connectivity index (χ3v) is 3.54. The zero-order valence-electron chi connectivity index (χ0n) is 10.3. The van der Waals surface area contributed by atoms with E-state index in [1.54, 1.807) is 0 Å². The average Bonchev–Trinajstić information content (AvgIpc) is 2.39. The standard InChI is InChI=1S/C12H8F4N2O2S/c13-9-3-7(1-2-8(9)12(14,15)16)21-5-6-4-17-10(19)11(20)18-6/h1-4H,5H2,(H,17,19)(H,18,20). The van der Waals surface area contributed by atoms with Crippen molar-refractivity contribution in [2.24, 2.45) is 0 Å². The number of rotatable bonds is 3. The van der Waals surface area contributed by atoms with Crippen molar-refractivity contribution in [2.75, 3.05) is 0 Å². The zero-order valence-corrected chi connectivity index (χ0v) is 11.1. The fraction of sp³-hybridized carbons (Fsp3) is 0.167. The highest BCUT2D eigenvalue weighted by molar-refractivity contribution is 7.98. The first kappa shape index (κ1) is 15.4. The summed E-state index contributed by atoms with van der Waals surface area (Å²) in [6.45, 7) is 0. The van der Waals surface area contributed by atoms with Crippen LogP contribution in [0.15, 0.2) is 38.9 Å². The number of H-pyrrole nitrogens is 2. The van der Waals surface area contributed by atoms with Crippen LogP contribution in [-0.2, 0) is 11.9 Å². The topological polar surface area (TPSA) is 65.7 Å². The van der Waals surface area contributed by atoms with Gasteiger partial charge in [0.25, 0.3) is 0 Å². The molecule has 0 aliphatic rings. The molecular formula is C12H8F4N2O2S. The number of benzene rings is 1.